The Balaban J connectivity index is 1.10. The van der Waals surface area contributed by atoms with Crippen molar-refractivity contribution in [3.8, 4) is 45.3 Å². The molecule has 6 aromatic rings. The monoisotopic (exact) mass is 728 g/mol. The van der Waals surface area contributed by atoms with Crippen LogP contribution in [0.25, 0.3) is 22.3 Å². The van der Waals surface area contributed by atoms with Gasteiger partial charge in [-0.15, -0.1) is 0 Å². The second kappa shape index (κ2) is 18.9. The minimum absolute atomic E-state index is 0.0681. The maximum Gasteiger partial charge on any atom is 0.129 e. The molecule has 6 rings (SSSR count). The first kappa shape index (κ1) is 38.0. The highest BCUT2D eigenvalue weighted by Crippen LogP contribution is 2.39. The van der Waals surface area contributed by atoms with Gasteiger partial charge in [0.2, 0.25) is 0 Å². The van der Waals surface area contributed by atoms with E-state index in [0.29, 0.717) is 53.4 Å². The minimum Gasteiger partial charge on any atom is -0.507 e. The van der Waals surface area contributed by atoms with Crippen LogP contribution in [-0.2, 0) is 26.3 Å². The van der Waals surface area contributed by atoms with Gasteiger partial charge in [0.15, 0.2) is 0 Å². The van der Waals surface area contributed by atoms with Crippen LogP contribution in [0.15, 0.2) is 133 Å². The van der Waals surface area contributed by atoms with Gasteiger partial charge in [-0.05, 0) is 30.7 Å². The van der Waals surface area contributed by atoms with Crippen LogP contribution < -0.4 is 20.1 Å². The standard InChI is InChI=1S/C46H46F2N2O4/c1-2-3-18-36(50-28-33-17-13-22-40(46(33)52)38-20-7-11-26-44(38)54-31-35-15-5-9-24-42(35)48)29-49-27-32-16-12-21-39(45(32)51)37-19-6-10-25-43(37)53-30-34-14-4-8-23-41(34)47/h4-17,19-26,36,49-52H,2-3,18,27-31H2,1H3/t36-/m0/s1. The third-order valence-electron chi connectivity index (χ3n) is 9.47. The zero-order valence-corrected chi connectivity index (χ0v) is 30.4. The molecule has 8 heteroatoms. The Morgan fingerprint density at radius 2 is 0.981 bits per heavy atom. The third kappa shape index (κ3) is 9.64. The molecule has 54 heavy (non-hydrogen) atoms. The largest absolute Gasteiger partial charge is 0.507 e. The zero-order valence-electron chi connectivity index (χ0n) is 30.4. The van der Waals surface area contributed by atoms with Crippen molar-refractivity contribution in [3.05, 3.63) is 167 Å². The van der Waals surface area contributed by atoms with Crippen LogP contribution >= 0.6 is 0 Å². The maximum atomic E-state index is 14.3. The number of phenols is 2. The van der Waals surface area contributed by atoms with Crippen molar-refractivity contribution in [2.24, 2.45) is 0 Å². The third-order valence-corrected chi connectivity index (χ3v) is 9.47. The van der Waals surface area contributed by atoms with Crippen LogP contribution in [0.5, 0.6) is 23.0 Å². The second-order valence-electron chi connectivity index (χ2n) is 13.2. The number of aromatic hydroxyl groups is 2. The fraction of sp³-hybridized carbons (Fsp3) is 0.217. The summed E-state index contributed by atoms with van der Waals surface area (Å²) in [6.45, 7) is 3.81. The van der Waals surface area contributed by atoms with Crippen LogP contribution in [0.4, 0.5) is 8.78 Å². The van der Waals surface area contributed by atoms with Crippen LogP contribution in [0.2, 0.25) is 0 Å². The molecule has 0 saturated carbocycles. The van der Waals surface area contributed by atoms with Crippen LogP contribution in [0.1, 0.15) is 48.4 Å². The summed E-state index contributed by atoms with van der Waals surface area (Å²) in [6, 6.07) is 39.4. The zero-order chi connectivity index (χ0) is 37.7. The van der Waals surface area contributed by atoms with Crippen molar-refractivity contribution in [2.45, 2.75) is 58.5 Å². The summed E-state index contributed by atoms with van der Waals surface area (Å²) >= 11 is 0. The van der Waals surface area contributed by atoms with Gasteiger partial charge in [0.25, 0.3) is 0 Å². The van der Waals surface area contributed by atoms with Gasteiger partial charge in [-0.2, -0.15) is 0 Å². The van der Waals surface area contributed by atoms with E-state index in [1.165, 1.54) is 12.1 Å². The van der Waals surface area contributed by atoms with Gasteiger partial charge >= 0.3 is 0 Å². The summed E-state index contributed by atoms with van der Waals surface area (Å²) in [4.78, 5) is 0. The SMILES string of the molecule is CCCC[C@@H](CNCc1cccc(-c2ccccc2OCc2ccccc2F)c1O)NCc1cccc(-c2ccccc2OCc2ccccc2F)c1O. The highest BCUT2D eigenvalue weighted by atomic mass is 19.1. The first-order chi connectivity index (χ1) is 26.4. The molecule has 278 valence electrons. The smallest absolute Gasteiger partial charge is 0.129 e. The van der Waals surface area contributed by atoms with E-state index < -0.39 is 0 Å². The molecule has 4 N–H and O–H groups in total. The van der Waals surface area contributed by atoms with Crippen LogP contribution in [0, 0.1) is 11.6 Å². The number of para-hydroxylation sites is 4. The number of benzene rings is 6. The number of phenolic OH excluding ortho intramolecular Hbond substituents is 2. The Morgan fingerprint density at radius 3 is 1.50 bits per heavy atom. The molecule has 0 fully saturated rings. The molecule has 0 saturated heterocycles. The predicted molar refractivity (Wildman–Crippen MR) is 210 cm³/mol. The Hall–Kier alpha value is -5.70. The van der Waals surface area contributed by atoms with E-state index in [9.17, 15) is 19.0 Å². The average molecular weight is 729 g/mol. The lowest BCUT2D eigenvalue weighted by Crippen LogP contribution is -2.38. The second-order valence-corrected chi connectivity index (χ2v) is 13.2. The van der Waals surface area contributed by atoms with Gasteiger partial charge in [-0.25, -0.2) is 8.78 Å². The van der Waals surface area contributed by atoms with Gasteiger partial charge in [0.05, 0.1) is 0 Å². The molecule has 0 unspecified atom stereocenters. The van der Waals surface area contributed by atoms with Crippen molar-refractivity contribution in [1.29, 1.82) is 0 Å². The van der Waals surface area contributed by atoms with Crippen molar-refractivity contribution < 1.29 is 28.5 Å². The summed E-state index contributed by atoms with van der Waals surface area (Å²) in [5.74, 6) is 0.773. The van der Waals surface area contributed by atoms with Gasteiger partial charge in [-0.1, -0.05) is 129 Å². The molecular weight excluding hydrogens is 683 g/mol. The van der Waals surface area contributed by atoms with E-state index in [1.807, 2.05) is 84.9 Å². The fourth-order valence-corrected chi connectivity index (χ4v) is 6.44. The normalized spacial score (nSPS) is 11.7. The van der Waals surface area contributed by atoms with Crippen LogP contribution in [-0.4, -0.2) is 22.8 Å². The van der Waals surface area contributed by atoms with E-state index in [0.717, 1.165) is 41.5 Å². The first-order valence-electron chi connectivity index (χ1n) is 18.4. The number of ether oxygens (including phenoxy) is 2. The lowest BCUT2D eigenvalue weighted by molar-refractivity contribution is 0.301. The molecule has 1 atom stereocenters. The summed E-state index contributed by atoms with van der Waals surface area (Å²) in [5.41, 5.74) is 5.11. The summed E-state index contributed by atoms with van der Waals surface area (Å²) in [6.07, 6.45) is 3.00. The number of nitrogens with one attached hydrogen (secondary N) is 2. The lowest BCUT2D eigenvalue weighted by atomic mass is 10.00. The van der Waals surface area contributed by atoms with E-state index >= 15 is 0 Å². The summed E-state index contributed by atoms with van der Waals surface area (Å²) in [5, 5.41) is 30.0. The van der Waals surface area contributed by atoms with E-state index in [-0.39, 0.29) is 42.4 Å². The molecule has 6 aromatic carbocycles. The van der Waals surface area contributed by atoms with E-state index in [2.05, 4.69) is 17.6 Å². The average Bonchev–Trinajstić information content (AvgIpc) is 3.19. The number of rotatable bonds is 18. The van der Waals surface area contributed by atoms with Gasteiger partial charge in [-0.3, -0.25) is 0 Å². The number of hydrogen-bond acceptors (Lipinski definition) is 6. The Kier molecular flexibility index (Phi) is 13.3. The number of hydrogen-bond donors (Lipinski definition) is 4. The minimum atomic E-state index is -0.325. The predicted octanol–water partition coefficient (Wildman–Crippen LogP) is 10.3. The van der Waals surface area contributed by atoms with Gasteiger partial charge in [0, 0.05) is 70.2 Å². The highest BCUT2D eigenvalue weighted by Gasteiger charge is 2.17. The topological polar surface area (TPSA) is 83.0 Å². The number of unbranched alkanes of at least 4 members (excludes halogenated alkanes) is 1. The molecule has 0 radical (unpaired) electrons. The molecule has 6 nitrogen and oxygen atoms in total. The first-order valence-corrected chi connectivity index (χ1v) is 18.4. The molecule has 0 bridgehead atoms. The summed E-state index contributed by atoms with van der Waals surface area (Å²) in [7, 11) is 0. The Bertz CT molecular complexity index is 2140. The fourth-order valence-electron chi connectivity index (χ4n) is 6.44. The Morgan fingerprint density at radius 1 is 0.537 bits per heavy atom. The van der Waals surface area contributed by atoms with Crippen molar-refractivity contribution in [2.75, 3.05) is 6.54 Å². The molecule has 0 aliphatic rings. The summed E-state index contributed by atoms with van der Waals surface area (Å²) < 4.78 is 40.6. The molecule has 0 aromatic heterocycles. The Labute approximate surface area is 316 Å². The number of halogens is 2. The van der Waals surface area contributed by atoms with Gasteiger partial charge < -0.3 is 30.3 Å². The quantitative estimate of drug-likeness (QED) is 0.0706. The van der Waals surface area contributed by atoms with E-state index in [4.69, 9.17) is 9.47 Å². The maximum absolute atomic E-state index is 14.3. The van der Waals surface area contributed by atoms with E-state index in [1.54, 1.807) is 36.4 Å². The molecule has 0 aliphatic heterocycles. The molecule has 0 heterocycles. The molecular formula is C46H46F2N2O4. The molecule has 0 amide bonds. The van der Waals surface area contributed by atoms with Gasteiger partial charge in [0.1, 0.15) is 47.8 Å². The van der Waals surface area contributed by atoms with Crippen LogP contribution in [0.3, 0.4) is 0 Å². The highest BCUT2D eigenvalue weighted by molar-refractivity contribution is 5.77. The van der Waals surface area contributed by atoms with Crippen molar-refractivity contribution in [1.82, 2.24) is 10.6 Å². The molecule has 0 aliphatic carbocycles. The lowest BCUT2D eigenvalue weighted by Gasteiger charge is -2.21. The molecule has 0 spiro atoms. The van der Waals surface area contributed by atoms with Crippen molar-refractivity contribution >= 4 is 0 Å². The van der Waals surface area contributed by atoms with Crippen molar-refractivity contribution in [3.63, 3.8) is 0 Å².